The molecule has 0 spiro atoms. The van der Waals surface area contributed by atoms with Crippen molar-refractivity contribution in [3.05, 3.63) is 106 Å². The lowest BCUT2D eigenvalue weighted by molar-refractivity contribution is -0.121. The fourth-order valence-corrected chi connectivity index (χ4v) is 6.16. The van der Waals surface area contributed by atoms with Gasteiger partial charge < -0.3 is 24.6 Å². The molecule has 0 aromatic carbocycles. The number of aromatic amines is 1. The number of nitrogens with one attached hydrogen (secondary N) is 3. The highest BCUT2D eigenvalue weighted by Crippen LogP contribution is 2.45. The zero-order valence-electron chi connectivity index (χ0n) is 31.5. The number of halogens is 1. The predicted molar refractivity (Wildman–Crippen MR) is 207 cm³/mol. The molecule has 1 fully saturated rings. The summed E-state index contributed by atoms with van der Waals surface area (Å²) in [6.07, 6.45) is 29.0. The molecule has 15 heteroatoms. The second-order valence-corrected chi connectivity index (χ2v) is 14.6. The maximum absolute atomic E-state index is 15.4. The molecule has 0 saturated carbocycles. The van der Waals surface area contributed by atoms with E-state index in [4.69, 9.17) is 13.8 Å². The van der Waals surface area contributed by atoms with Gasteiger partial charge in [-0.1, -0.05) is 79.8 Å². The minimum Gasteiger partial charge on any atom is -0.387 e. The van der Waals surface area contributed by atoms with Gasteiger partial charge in [0.25, 0.3) is 5.56 Å². The molecular formula is C38H59FN5O8P. The zero-order valence-corrected chi connectivity index (χ0v) is 32.4. The molecule has 1 aliphatic heterocycles. The number of ether oxygens (including phenoxy) is 1. The fourth-order valence-electron chi connectivity index (χ4n) is 5.12. The van der Waals surface area contributed by atoms with Crippen LogP contribution in [-0.4, -0.2) is 90.3 Å². The van der Waals surface area contributed by atoms with Crippen LogP contribution < -0.4 is 21.7 Å². The van der Waals surface area contributed by atoms with Gasteiger partial charge in [-0.3, -0.25) is 23.7 Å². The molecule has 2 unspecified atom stereocenters. The van der Waals surface area contributed by atoms with Crippen LogP contribution in [0.1, 0.15) is 71.4 Å². The minimum atomic E-state index is -3.86. The number of aliphatic hydroxyl groups is 1. The van der Waals surface area contributed by atoms with Crippen molar-refractivity contribution >= 4 is 13.7 Å². The summed E-state index contributed by atoms with van der Waals surface area (Å²) in [5, 5.41) is 16.1. The summed E-state index contributed by atoms with van der Waals surface area (Å²) < 4.78 is 45.3. The number of nitrogens with zero attached hydrogens (tertiary/aromatic N) is 2. The number of carbonyl (C=O) groups is 1. The summed E-state index contributed by atoms with van der Waals surface area (Å²) in [5.41, 5.74) is -4.00. The second-order valence-electron chi connectivity index (χ2n) is 12.6. The molecule has 0 aliphatic carbocycles. The van der Waals surface area contributed by atoms with Crippen LogP contribution in [-0.2, 0) is 23.1 Å². The van der Waals surface area contributed by atoms with Crippen LogP contribution in [0.5, 0.6) is 0 Å². The molecule has 1 aromatic rings. The van der Waals surface area contributed by atoms with Gasteiger partial charge in [-0.05, 0) is 58.9 Å². The summed E-state index contributed by atoms with van der Waals surface area (Å²) in [4.78, 5) is 39.7. The van der Waals surface area contributed by atoms with E-state index >= 15 is 4.39 Å². The van der Waals surface area contributed by atoms with Gasteiger partial charge in [-0.15, -0.1) is 0 Å². The third-order valence-corrected chi connectivity index (χ3v) is 9.80. The quantitative estimate of drug-likeness (QED) is 0.0709. The maximum atomic E-state index is 15.4. The van der Waals surface area contributed by atoms with E-state index in [1.807, 2.05) is 23.0 Å². The van der Waals surface area contributed by atoms with Crippen molar-refractivity contribution < 1.29 is 32.6 Å². The monoisotopic (exact) mass is 763 g/mol. The van der Waals surface area contributed by atoms with Crippen molar-refractivity contribution in [3.63, 3.8) is 0 Å². The van der Waals surface area contributed by atoms with E-state index in [-0.39, 0.29) is 12.5 Å². The molecule has 1 aliphatic rings. The minimum absolute atomic E-state index is 0.0401. The van der Waals surface area contributed by atoms with Crippen molar-refractivity contribution in [1.29, 1.82) is 0 Å². The number of likely N-dealkylation sites (N-methyl/N-ethyl adjacent to an activating group) is 1. The third-order valence-electron chi connectivity index (χ3n) is 8.22. The summed E-state index contributed by atoms with van der Waals surface area (Å²) in [5.74, 6) is -0.0401. The Morgan fingerprint density at radius 2 is 1.55 bits per heavy atom. The Balaban J connectivity index is 1.56. The van der Waals surface area contributed by atoms with Crippen molar-refractivity contribution in [2.24, 2.45) is 0 Å². The first-order valence-electron chi connectivity index (χ1n) is 18.2. The number of aromatic nitrogens is 2. The normalized spacial score (nSPS) is 22.2. The number of H-pyrrole nitrogens is 1. The van der Waals surface area contributed by atoms with Crippen LogP contribution in [0.15, 0.2) is 94.8 Å². The topological polar surface area (TPSA) is 164 Å². The fraction of sp³-hybridized carbons (Fsp3) is 0.553. The smallest absolute Gasteiger partial charge is 0.387 e. The van der Waals surface area contributed by atoms with E-state index in [1.54, 1.807) is 0 Å². The van der Waals surface area contributed by atoms with E-state index in [2.05, 4.69) is 84.2 Å². The van der Waals surface area contributed by atoms with Gasteiger partial charge in [-0.2, -0.15) is 0 Å². The number of aliphatic hydroxyl groups excluding tert-OH is 1. The summed E-state index contributed by atoms with van der Waals surface area (Å²) in [7, 11) is -0.838. The zero-order chi connectivity index (χ0) is 39.0. The lowest BCUT2D eigenvalue weighted by Crippen LogP contribution is -2.43. The molecule has 1 saturated heterocycles. The lowest BCUT2D eigenvalue weighted by Gasteiger charge is -2.24. The van der Waals surface area contributed by atoms with E-state index in [1.165, 1.54) is 7.11 Å². The summed E-state index contributed by atoms with van der Waals surface area (Å²) in [6.45, 7) is 4.31. The third kappa shape index (κ3) is 17.9. The van der Waals surface area contributed by atoms with Gasteiger partial charge in [0.1, 0.15) is 12.2 Å². The number of allylic oxidation sites excluding steroid dienone is 12. The summed E-state index contributed by atoms with van der Waals surface area (Å²) >= 11 is 0. The van der Waals surface area contributed by atoms with Crippen LogP contribution in [0.25, 0.3) is 0 Å². The van der Waals surface area contributed by atoms with Crippen molar-refractivity contribution in [1.82, 2.24) is 24.9 Å². The average Bonchev–Trinajstić information content (AvgIpc) is 3.35. The lowest BCUT2D eigenvalue weighted by atomic mass is 9.98. The van der Waals surface area contributed by atoms with Gasteiger partial charge in [0, 0.05) is 52.0 Å². The largest absolute Gasteiger partial charge is 0.405 e. The van der Waals surface area contributed by atoms with Crippen molar-refractivity contribution in [3.8, 4) is 0 Å². The first-order valence-corrected chi connectivity index (χ1v) is 19.7. The average molecular weight is 764 g/mol. The molecule has 2 rings (SSSR count). The molecule has 0 bridgehead atoms. The van der Waals surface area contributed by atoms with Gasteiger partial charge in [-0.25, -0.2) is 18.8 Å². The highest BCUT2D eigenvalue weighted by atomic mass is 31.2. The maximum Gasteiger partial charge on any atom is 0.405 e. The van der Waals surface area contributed by atoms with Crippen LogP contribution >= 0.6 is 7.75 Å². The first kappa shape index (κ1) is 45.7. The molecule has 4 N–H and O–H groups in total. The van der Waals surface area contributed by atoms with Crippen LogP contribution in [0.4, 0.5) is 4.39 Å². The van der Waals surface area contributed by atoms with Crippen molar-refractivity contribution in [2.75, 3.05) is 46.9 Å². The summed E-state index contributed by atoms with van der Waals surface area (Å²) in [6, 6.07) is 1.03. The van der Waals surface area contributed by atoms with E-state index in [0.717, 1.165) is 62.3 Å². The molecule has 296 valence electrons. The predicted octanol–water partition coefficient (Wildman–Crippen LogP) is 5.41. The number of carbonyl (C=O) groups excluding carboxylic acids is 1. The Kier molecular flexibility index (Phi) is 22.0. The number of hydrogen-bond donors (Lipinski definition) is 4. The van der Waals surface area contributed by atoms with Gasteiger partial charge in [0.05, 0.1) is 6.61 Å². The van der Waals surface area contributed by atoms with E-state index < -0.39 is 49.7 Å². The molecule has 1 amide bonds. The van der Waals surface area contributed by atoms with Crippen molar-refractivity contribution in [2.45, 2.75) is 89.3 Å². The Morgan fingerprint density at radius 1 is 1.00 bits per heavy atom. The highest BCUT2D eigenvalue weighted by Gasteiger charge is 2.55. The van der Waals surface area contributed by atoms with Gasteiger partial charge >= 0.3 is 13.4 Å². The molecule has 5 atom stereocenters. The molecule has 53 heavy (non-hydrogen) atoms. The van der Waals surface area contributed by atoms with Crippen LogP contribution in [0.3, 0.4) is 0 Å². The molecule has 1 aromatic heterocycles. The Labute approximate surface area is 313 Å². The van der Waals surface area contributed by atoms with E-state index in [0.29, 0.717) is 32.5 Å². The number of amides is 1. The first-order chi connectivity index (χ1) is 25.4. The Hall–Kier alpha value is -3.49. The molecule has 0 radical (unpaired) electrons. The number of rotatable bonds is 26. The SMILES string of the molecule is CC/C=C\C/C=C\C/C=C\C/C=C\C/C=C\C/C=C\CCC(=O)NCCN(C)CCNP(=O)(OC)OC[C@H]1OC(n2ccc(=O)[nH]c2=O)[C@](C)(F)[C@@H]1O. The number of hydrogen-bond acceptors (Lipinski definition) is 9. The van der Waals surface area contributed by atoms with E-state index in [9.17, 15) is 24.1 Å². The molecule has 2 heterocycles. The Morgan fingerprint density at radius 3 is 2.09 bits per heavy atom. The second kappa shape index (κ2) is 25.5. The van der Waals surface area contributed by atoms with Gasteiger partial charge in [0.2, 0.25) is 5.91 Å². The number of alkyl halides is 1. The van der Waals surface area contributed by atoms with Gasteiger partial charge in [0.15, 0.2) is 11.9 Å². The molecule has 13 nitrogen and oxygen atoms in total. The standard InChI is InChI=1S/C38H59FN5O8P/c1-5-6-7-8-9-10-11-12-13-14-15-16-17-18-19-20-21-22-23-24-33(45)40-26-29-43(3)30-27-41-53(49,50-4)51-31-32-35(47)38(2,39)36(52-32)44-28-25-34(46)42-37(44)48/h6-7,9-10,12-13,15-16,18-19,21-22,25,28,32,35-36,47H,5,8,11,14,17,20,23-24,26-27,29-31H2,1-4H3,(H,40,45)(H,41,49)(H,42,46,48)/b7-6-,10-9-,13-12-,16-15-,19-18-,22-21-/t32-,35-,36?,38-,53?/m1/s1. The molecular weight excluding hydrogens is 704 g/mol. The van der Waals surface area contributed by atoms with Crippen LogP contribution in [0.2, 0.25) is 0 Å². The van der Waals surface area contributed by atoms with Crippen LogP contribution in [0, 0.1) is 0 Å². The highest BCUT2D eigenvalue weighted by molar-refractivity contribution is 7.51. The Bertz CT molecular complexity index is 1570.